The van der Waals surface area contributed by atoms with Crippen LogP contribution >= 0.6 is 0 Å². The van der Waals surface area contributed by atoms with Crippen LogP contribution in [0.3, 0.4) is 0 Å². The van der Waals surface area contributed by atoms with E-state index in [0.29, 0.717) is 24.3 Å². The summed E-state index contributed by atoms with van der Waals surface area (Å²) in [5.74, 6) is 0. The summed E-state index contributed by atoms with van der Waals surface area (Å²) >= 11 is 0. The number of hydrazine groups is 1. The summed E-state index contributed by atoms with van der Waals surface area (Å²) in [6.45, 7) is 0.166. The number of carboxylic acid groups (broad SMARTS) is 1. The highest BCUT2D eigenvalue weighted by Crippen LogP contribution is 1.94. The van der Waals surface area contributed by atoms with Crippen molar-refractivity contribution in [2.45, 2.75) is 19.3 Å². The van der Waals surface area contributed by atoms with Gasteiger partial charge in [-0.15, -0.1) is 5.59 Å². The number of nitrogens with one attached hydrogen (secondary N) is 1. The predicted molar refractivity (Wildman–Crippen MR) is 39.6 cm³/mol. The third-order valence-electron chi connectivity index (χ3n) is 1.31. The molecule has 0 aliphatic heterocycles. The van der Waals surface area contributed by atoms with Crippen molar-refractivity contribution < 1.29 is 19.9 Å². The third kappa shape index (κ3) is 4.64. The van der Waals surface area contributed by atoms with Crippen molar-refractivity contribution in [2.75, 3.05) is 6.54 Å². The monoisotopic (exact) mass is 176 g/mol. The van der Waals surface area contributed by atoms with Gasteiger partial charge < -0.3 is 9.90 Å². The molecule has 0 bridgehead atoms. The molecule has 0 aromatic rings. The zero-order valence-electron chi connectivity index (χ0n) is 6.56. The van der Waals surface area contributed by atoms with E-state index in [1.165, 1.54) is 5.59 Å². The smallest absolute Gasteiger partial charge is 0.423 e. The normalized spacial score (nSPS) is 9.42. The molecular weight excluding hydrogens is 164 g/mol. The molecule has 12 heavy (non-hydrogen) atoms. The minimum atomic E-state index is -1.25. The van der Waals surface area contributed by atoms with Crippen LogP contribution in [0.25, 0.3) is 0 Å². The Balaban J connectivity index is 3.44. The van der Waals surface area contributed by atoms with Gasteiger partial charge in [-0.1, -0.05) is 0 Å². The van der Waals surface area contributed by atoms with E-state index in [2.05, 4.69) is 0 Å². The molecule has 0 rings (SSSR count). The Hall–Kier alpha value is -1.14. The number of carbonyl (C=O) groups excluding carboxylic acids is 1. The van der Waals surface area contributed by atoms with Gasteiger partial charge in [-0.3, -0.25) is 5.21 Å². The first-order valence-electron chi connectivity index (χ1n) is 3.56. The van der Waals surface area contributed by atoms with Gasteiger partial charge >= 0.3 is 6.09 Å². The molecule has 0 aliphatic rings. The molecule has 0 atom stereocenters. The average molecular weight is 176 g/mol. The van der Waals surface area contributed by atoms with Crippen LogP contribution in [0.4, 0.5) is 4.79 Å². The maximum absolute atomic E-state index is 10.2. The van der Waals surface area contributed by atoms with E-state index in [1.807, 2.05) is 0 Å². The van der Waals surface area contributed by atoms with Crippen LogP contribution in [0, 0.1) is 0 Å². The Labute approximate surface area is 69.7 Å². The molecule has 0 heterocycles. The highest BCUT2D eigenvalue weighted by atomic mass is 16.5. The first kappa shape index (κ1) is 10.9. The fourth-order valence-corrected chi connectivity index (χ4v) is 0.686. The van der Waals surface area contributed by atoms with Gasteiger partial charge in [0.05, 0.1) is 0 Å². The third-order valence-corrected chi connectivity index (χ3v) is 1.31. The van der Waals surface area contributed by atoms with Crippen molar-refractivity contribution in [3.63, 3.8) is 0 Å². The van der Waals surface area contributed by atoms with Crippen molar-refractivity contribution in [3.8, 4) is 0 Å². The van der Waals surface area contributed by atoms with Crippen molar-refractivity contribution >= 4 is 12.4 Å². The maximum Gasteiger partial charge on any atom is 0.423 e. The van der Waals surface area contributed by atoms with Gasteiger partial charge in [0, 0.05) is 13.0 Å². The van der Waals surface area contributed by atoms with Crippen molar-refractivity contribution in [1.29, 1.82) is 0 Å². The van der Waals surface area contributed by atoms with E-state index in [1.54, 1.807) is 0 Å². The van der Waals surface area contributed by atoms with Gasteiger partial charge in [0.1, 0.15) is 6.29 Å². The molecule has 6 heteroatoms. The molecule has 0 radical (unpaired) electrons. The van der Waals surface area contributed by atoms with Crippen LogP contribution in [0.15, 0.2) is 0 Å². The topological polar surface area (TPSA) is 89.9 Å². The summed E-state index contributed by atoms with van der Waals surface area (Å²) in [6.07, 6.45) is 1.10. The van der Waals surface area contributed by atoms with Crippen LogP contribution in [0.2, 0.25) is 0 Å². The fraction of sp³-hybridized carbons (Fsp3) is 0.667. The zero-order valence-corrected chi connectivity index (χ0v) is 6.56. The van der Waals surface area contributed by atoms with Crippen molar-refractivity contribution in [2.24, 2.45) is 0 Å². The molecule has 0 saturated heterocycles. The Morgan fingerprint density at radius 2 is 2.17 bits per heavy atom. The van der Waals surface area contributed by atoms with Crippen LogP contribution in [0.1, 0.15) is 19.3 Å². The van der Waals surface area contributed by atoms with Crippen LogP contribution in [-0.2, 0) is 4.79 Å². The zero-order chi connectivity index (χ0) is 9.40. The summed E-state index contributed by atoms with van der Waals surface area (Å²) in [4.78, 5) is 20.1. The SMILES string of the molecule is O=CCCCCN(NO)C(=O)O. The molecule has 0 aliphatic carbocycles. The Morgan fingerprint density at radius 1 is 1.50 bits per heavy atom. The van der Waals surface area contributed by atoms with Gasteiger partial charge in [0.2, 0.25) is 0 Å². The van der Waals surface area contributed by atoms with Gasteiger partial charge in [-0.05, 0) is 12.8 Å². The number of hydrogen-bond acceptors (Lipinski definition) is 4. The second-order valence-electron chi connectivity index (χ2n) is 2.20. The summed E-state index contributed by atoms with van der Waals surface area (Å²) in [5, 5.41) is 17.3. The van der Waals surface area contributed by atoms with E-state index < -0.39 is 6.09 Å². The standard InChI is InChI=1S/C6H12N2O4/c9-5-3-1-2-4-8(7-12)6(10)11/h5,7,12H,1-4H2,(H,10,11). The van der Waals surface area contributed by atoms with Crippen LogP contribution in [-0.4, -0.2) is 34.2 Å². The second-order valence-corrected chi connectivity index (χ2v) is 2.20. The summed E-state index contributed by atoms with van der Waals surface area (Å²) in [5.41, 5.74) is 1.52. The van der Waals surface area contributed by atoms with Gasteiger partial charge in [-0.25, -0.2) is 9.80 Å². The van der Waals surface area contributed by atoms with E-state index in [4.69, 9.17) is 10.3 Å². The lowest BCUT2D eigenvalue weighted by molar-refractivity contribution is -0.107. The largest absolute Gasteiger partial charge is 0.464 e. The fourth-order valence-electron chi connectivity index (χ4n) is 0.686. The van der Waals surface area contributed by atoms with E-state index in [9.17, 15) is 9.59 Å². The van der Waals surface area contributed by atoms with Crippen molar-refractivity contribution in [1.82, 2.24) is 10.6 Å². The molecule has 70 valence electrons. The highest BCUT2D eigenvalue weighted by Gasteiger charge is 2.08. The lowest BCUT2D eigenvalue weighted by Gasteiger charge is -2.14. The summed E-state index contributed by atoms with van der Waals surface area (Å²) in [6, 6.07) is 0. The average Bonchev–Trinajstić information content (AvgIpc) is 2.04. The van der Waals surface area contributed by atoms with Crippen LogP contribution in [0.5, 0.6) is 0 Å². The quantitative estimate of drug-likeness (QED) is 0.306. The molecule has 0 saturated carbocycles. The van der Waals surface area contributed by atoms with Crippen LogP contribution < -0.4 is 5.59 Å². The van der Waals surface area contributed by atoms with Gasteiger partial charge in [0.25, 0.3) is 0 Å². The lowest BCUT2D eigenvalue weighted by Crippen LogP contribution is -2.40. The molecule has 1 amide bonds. The number of rotatable bonds is 6. The predicted octanol–water partition coefficient (Wildman–Crippen LogP) is 0.229. The Bertz CT molecular complexity index is 150. The van der Waals surface area contributed by atoms with E-state index >= 15 is 0 Å². The van der Waals surface area contributed by atoms with Gasteiger partial charge in [-0.2, -0.15) is 0 Å². The molecular formula is C6H12N2O4. The minimum absolute atomic E-state index is 0.166. The molecule has 0 fully saturated rings. The molecule has 0 aromatic carbocycles. The van der Waals surface area contributed by atoms with E-state index in [0.717, 1.165) is 6.29 Å². The highest BCUT2D eigenvalue weighted by molar-refractivity contribution is 5.64. The Morgan fingerprint density at radius 3 is 2.58 bits per heavy atom. The number of hydrogen-bond donors (Lipinski definition) is 3. The molecule has 6 nitrogen and oxygen atoms in total. The molecule has 3 N–H and O–H groups in total. The van der Waals surface area contributed by atoms with Gasteiger partial charge in [0.15, 0.2) is 0 Å². The molecule has 0 unspecified atom stereocenters. The first-order valence-corrected chi connectivity index (χ1v) is 3.56. The Kier molecular flexibility index (Phi) is 5.94. The lowest BCUT2D eigenvalue weighted by atomic mass is 10.2. The first-order chi connectivity index (χ1) is 5.72. The maximum atomic E-state index is 10.2. The number of aldehydes is 1. The molecule has 0 spiro atoms. The number of unbranched alkanes of at least 4 members (excludes halogenated alkanes) is 2. The number of amides is 1. The summed E-state index contributed by atoms with van der Waals surface area (Å²) < 4.78 is 0. The number of nitrogens with zero attached hydrogens (tertiary/aromatic N) is 1. The van der Waals surface area contributed by atoms with Crippen molar-refractivity contribution in [3.05, 3.63) is 0 Å². The summed E-state index contributed by atoms with van der Waals surface area (Å²) in [7, 11) is 0. The minimum Gasteiger partial charge on any atom is -0.464 e. The van der Waals surface area contributed by atoms with E-state index in [-0.39, 0.29) is 6.54 Å². The number of carbonyl (C=O) groups is 2. The second kappa shape index (κ2) is 6.56. The molecule has 0 aromatic heterocycles.